The molecule has 0 aliphatic carbocycles. The van der Waals surface area contributed by atoms with Crippen LogP contribution in [0, 0.1) is 0 Å². The van der Waals surface area contributed by atoms with E-state index >= 15 is 0 Å². The van der Waals surface area contributed by atoms with Crippen LogP contribution in [0.2, 0.25) is 0 Å². The van der Waals surface area contributed by atoms with E-state index in [0.717, 1.165) is 5.75 Å². The lowest BCUT2D eigenvalue weighted by Gasteiger charge is -2.05. The standard InChI is InChI=1S/C14H15N3O4S/c1-20-11-5-3-9(4-6-11)15-12(18)7-10-8-22-13(16-10)17-14(19)21-2/h3-6,8H,7H2,1-2H3,(H,15,18)(H,16,17,19). The topological polar surface area (TPSA) is 89.5 Å². The van der Waals surface area contributed by atoms with Crippen LogP contribution in [0.3, 0.4) is 0 Å². The molecule has 0 unspecified atom stereocenters. The number of anilines is 2. The van der Waals surface area contributed by atoms with Crippen LogP contribution < -0.4 is 15.4 Å². The number of rotatable bonds is 5. The van der Waals surface area contributed by atoms with Gasteiger partial charge in [0, 0.05) is 11.1 Å². The summed E-state index contributed by atoms with van der Waals surface area (Å²) < 4.78 is 9.52. The van der Waals surface area contributed by atoms with Gasteiger partial charge in [-0.25, -0.2) is 9.78 Å². The number of amides is 2. The Morgan fingerprint density at radius 3 is 2.55 bits per heavy atom. The summed E-state index contributed by atoms with van der Waals surface area (Å²) in [5, 5.41) is 7.30. The molecule has 2 N–H and O–H groups in total. The van der Waals surface area contributed by atoms with E-state index in [1.807, 2.05) is 0 Å². The quantitative estimate of drug-likeness (QED) is 0.883. The minimum atomic E-state index is -0.594. The van der Waals surface area contributed by atoms with E-state index in [1.165, 1.54) is 18.4 Å². The molecular weight excluding hydrogens is 306 g/mol. The van der Waals surface area contributed by atoms with Gasteiger partial charge in [0.25, 0.3) is 0 Å². The number of nitrogens with one attached hydrogen (secondary N) is 2. The SMILES string of the molecule is COC(=O)Nc1nc(CC(=O)Nc2ccc(OC)cc2)cs1. The molecule has 0 spiro atoms. The van der Waals surface area contributed by atoms with Gasteiger partial charge in [-0.1, -0.05) is 0 Å². The normalized spacial score (nSPS) is 9.91. The molecule has 1 aromatic carbocycles. The Morgan fingerprint density at radius 2 is 1.91 bits per heavy atom. The molecule has 0 bridgehead atoms. The lowest BCUT2D eigenvalue weighted by atomic mass is 10.2. The average Bonchev–Trinajstić information content (AvgIpc) is 2.94. The van der Waals surface area contributed by atoms with Crippen molar-refractivity contribution in [3.8, 4) is 5.75 Å². The first-order valence-electron chi connectivity index (χ1n) is 6.34. The van der Waals surface area contributed by atoms with Gasteiger partial charge >= 0.3 is 6.09 Å². The monoisotopic (exact) mass is 321 g/mol. The molecule has 2 rings (SSSR count). The molecular formula is C14H15N3O4S. The summed E-state index contributed by atoms with van der Waals surface area (Å²) in [7, 11) is 2.85. The lowest BCUT2D eigenvalue weighted by molar-refractivity contribution is -0.115. The maximum atomic E-state index is 11.9. The molecule has 0 aliphatic rings. The highest BCUT2D eigenvalue weighted by Crippen LogP contribution is 2.18. The van der Waals surface area contributed by atoms with Crippen LogP contribution in [0.5, 0.6) is 5.75 Å². The molecule has 8 heteroatoms. The number of carbonyl (C=O) groups excluding carboxylic acids is 2. The first-order valence-corrected chi connectivity index (χ1v) is 7.22. The third-order valence-corrected chi connectivity index (χ3v) is 3.47. The number of ether oxygens (including phenoxy) is 2. The van der Waals surface area contributed by atoms with Crippen molar-refractivity contribution in [3.05, 3.63) is 35.3 Å². The fraction of sp³-hybridized carbons (Fsp3) is 0.214. The van der Waals surface area contributed by atoms with Crippen LogP contribution >= 0.6 is 11.3 Å². The maximum Gasteiger partial charge on any atom is 0.413 e. The molecule has 7 nitrogen and oxygen atoms in total. The molecule has 0 atom stereocenters. The van der Waals surface area contributed by atoms with E-state index in [0.29, 0.717) is 16.5 Å². The second-order valence-electron chi connectivity index (χ2n) is 4.21. The molecule has 0 saturated carbocycles. The van der Waals surface area contributed by atoms with Crippen LogP contribution in [0.4, 0.5) is 15.6 Å². The molecule has 22 heavy (non-hydrogen) atoms. The first-order chi connectivity index (χ1) is 10.6. The van der Waals surface area contributed by atoms with E-state index in [2.05, 4.69) is 20.4 Å². The molecule has 0 aliphatic heterocycles. The zero-order valence-corrected chi connectivity index (χ0v) is 12.9. The van der Waals surface area contributed by atoms with Crippen LogP contribution in [-0.2, 0) is 16.0 Å². The van der Waals surface area contributed by atoms with Crippen molar-refractivity contribution < 1.29 is 19.1 Å². The largest absolute Gasteiger partial charge is 0.497 e. The molecule has 2 aromatic rings. The van der Waals surface area contributed by atoms with Crippen LogP contribution in [0.15, 0.2) is 29.6 Å². The second kappa shape index (κ2) is 7.41. The van der Waals surface area contributed by atoms with Gasteiger partial charge in [-0.2, -0.15) is 0 Å². The van der Waals surface area contributed by atoms with Crippen molar-refractivity contribution in [2.45, 2.75) is 6.42 Å². The molecule has 0 fully saturated rings. The highest BCUT2D eigenvalue weighted by molar-refractivity contribution is 7.13. The van der Waals surface area contributed by atoms with Gasteiger partial charge in [0.1, 0.15) is 5.75 Å². The predicted molar refractivity (Wildman–Crippen MR) is 83.5 cm³/mol. The fourth-order valence-electron chi connectivity index (χ4n) is 1.63. The van der Waals surface area contributed by atoms with E-state index < -0.39 is 6.09 Å². The van der Waals surface area contributed by atoms with Gasteiger partial charge in [0.15, 0.2) is 5.13 Å². The van der Waals surface area contributed by atoms with Crippen LogP contribution in [0.25, 0.3) is 0 Å². The van der Waals surface area contributed by atoms with Gasteiger partial charge in [-0.05, 0) is 24.3 Å². The third-order valence-electron chi connectivity index (χ3n) is 2.66. The minimum absolute atomic E-state index is 0.116. The highest BCUT2D eigenvalue weighted by Gasteiger charge is 2.10. The number of hydrogen-bond acceptors (Lipinski definition) is 6. The third kappa shape index (κ3) is 4.45. The number of hydrogen-bond donors (Lipinski definition) is 2. The smallest absolute Gasteiger partial charge is 0.413 e. The maximum absolute atomic E-state index is 11.9. The molecule has 1 heterocycles. The van der Waals surface area contributed by atoms with Crippen molar-refractivity contribution in [3.63, 3.8) is 0 Å². The summed E-state index contributed by atoms with van der Waals surface area (Å²) >= 11 is 1.23. The number of carbonyl (C=O) groups is 2. The highest BCUT2D eigenvalue weighted by atomic mass is 32.1. The van der Waals surface area contributed by atoms with Gasteiger partial charge in [-0.3, -0.25) is 10.1 Å². The first kappa shape index (κ1) is 15.8. The summed E-state index contributed by atoms with van der Waals surface area (Å²) in [6.45, 7) is 0. The molecule has 0 radical (unpaired) electrons. The predicted octanol–water partition coefficient (Wildman–Crippen LogP) is 2.51. The summed E-state index contributed by atoms with van der Waals surface area (Å²) in [5.41, 5.74) is 1.25. The van der Waals surface area contributed by atoms with Gasteiger partial charge in [-0.15, -0.1) is 11.3 Å². The van der Waals surface area contributed by atoms with Crippen LogP contribution in [-0.4, -0.2) is 31.2 Å². The van der Waals surface area contributed by atoms with Crippen molar-refractivity contribution in [1.82, 2.24) is 4.98 Å². The molecule has 0 saturated heterocycles. The number of aromatic nitrogens is 1. The summed E-state index contributed by atoms with van der Waals surface area (Å²) in [6.07, 6.45) is -0.477. The minimum Gasteiger partial charge on any atom is -0.497 e. The zero-order valence-electron chi connectivity index (χ0n) is 12.1. The Balaban J connectivity index is 1.89. The van der Waals surface area contributed by atoms with Crippen molar-refractivity contribution in [2.24, 2.45) is 0 Å². The Kier molecular flexibility index (Phi) is 5.31. The fourth-order valence-corrected chi connectivity index (χ4v) is 2.32. The summed E-state index contributed by atoms with van der Waals surface area (Å²) in [5.74, 6) is 0.524. The number of benzene rings is 1. The van der Waals surface area contributed by atoms with Gasteiger partial charge in [0.05, 0.1) is 26.3 Å². The number of nitrogens with zero attached hydrogens (tertiary/aromatic N) is 1. The Hall–Kier alpha value is -2.61. The second-order valence-corrected chi connectivity index (χ2v) is 5.07. The molecule has 1 aromatic heterocycles. The van der Waals surface area contributed by atoms with Crippen molar-refractivity contribution in [2.75, 3.05) is 24.9 Å². The molecule has 116 valence electrons. The zero-order chi connectivity index (χ0) is 15.9. The lowest BCUT2D eigenvalue weighted by Crippen LogP contribution is -2.15. The van der Waals surface area contributed by atoms with Crippen LogP contribution in [0.1, 0.15) is 5.69 Å². The van der Waals surface area contributed by atoms with E-state index in [1.54, 1.807) is 36.8 Å². The Labute approximate surface area is 131 Å². The van der Waals surface area contributed by atoms with Gasteiger partial charge < -0.3 is 14.8 Å². The Bertz CT molecular complexity index is 654. The Morgan fingerprint density at radius 1 is 1.18 bits per heavy atom. The van der Waals surface area contributed by atoms with Crippen molar-refractivity contribution >= 4 is 34.2 Å². The average molecular weight is 321 g/mol. The molecule has 2 amide bonds. The number of methoxy groups -OCH3 is 2. The van der Waals surface area contributed by atoms with E-state index in [-0.39, 0.29) is 12.3 Å². The summed E-state index contributed by atoms with van der Waals surface area (Å²) in [6, 6.07) is 7.03. The van der Waals surface area contributed by atoms with E-state index in [9.17, 15) is 9.59 Å². The summed E-state index contributed by atoms with van der Waals surface area (Å²) in [4.78, 5) is 27.1. The van der Waals surface area contributed by atoms with Crippen molar-refractivity contribution in [1.29, 1.82) is 0 Å². The van der Waals surface area contributed by atoms with E-state index in [4.69, 9.17) is 4.74 Å². The number of thiazole rings is 1. The van der Waals surface area contributed by atoms with Gasteiger partial charge in [0.2, 0.25) is 5.91 Å².